The second-order valence-electron chi connectivity index (χ2n) is 9.94. The molecular weight excluding hydrogens is 472 g/mol. The molecule has 5 atom stereocenters. The Morgan fingerprint density at radius 2 is 1.66 bits per heavy atom. The average molecular weight is 500 g/mol. The van der Waals surface area contributed by atoms with Crippen LogP contribution in [-0.4, -0.2) is 46.6 Å². The number of nitrogens with zero attached hydrogens (tertiary/aromatic N) is 5. The van der Waals surface area contributed by atoms with Crippen molar-refractivity contribution in [3.63, 3.8) is 0 Å². The minimum atomic E-state index is -3.73. The number of hydrogen-bond acceptors (Lipinski definition) is 5. The highest BCUT2D eigenvalue weighted by atomic mass is 32.2. The smallest absolute Gasteiger partial charge is 0.221 e. The van der Waals surface area contributed by atoms with Crippen molar-refractivity contribution in [2.75, 3.05) is 18.0 Å². The normalized spacial score (nSPS) is 29.8. The molecule has 3 aliphatic rings. The number of aromatic nitrogens is 3. The Kier molecular flexibility index (Phi) is 5.41. The second-order valence-corrected chi connectivity index (χ2v) is 12.0. The topological polar surface area (TPSA) is 71.3 Å². The SMILES string of the molecule is CC1CCC(c2ccccc2)S(=O)(=O)N1Cc1cc(F)c(N2C[C@@H]3[C@H](C2)[C@H]3n2cnnc2)cc1F. The van der Waals surface area contributed by atoms with Crippen molar-refractivity contribution in [1.29, 1.82) is 0 Å². The van der Waals surface area contributed by atoms with E-state index in [0.29, 0.717) is 43.8 Å². The number of anilines is 1. The van der Waals surface area contributed by atoms with Crippen LogP contribution >= 0.6 is 0 Å². The number of rotatable bonds is 5. The summed E-state index contributed by atoms with van der Waals surface area (Å²) < 4.78 is 60.6. The predicted octanol–water partition coefficient (Wildman–Crippen LogP) is 3.92. The van der Waals surface area contributed by atoms with E-state index in [2.05, 4.69) is 10.2 Å². The van der Waals surface area contributed by atoms with Gasteiger partial charge in [0.1, 0.15) is 29.5 Å². The molecule has 3 aromatic rings. The maximum Gasteiger partial charge on any atom is 0.221 e. The van der Waals surface area contributed by atoms with Gasteiger partial charge in [-0.05, 0) is 31.4 Å². The van der Waals surface area contributed by atoms with E-state index in [1.807, 2.05) is 34.6 Å². The monoisotopic (exact) mass is 499 g/mol. The fourth-order valence-electron chi connectivity index (χ4n) is 5.96. The number of hydrogen-bond donors (Lipinski definition) is 0. The third kappa shape index (κ3) is 3.83. The van der Waals surface area contributed by atoms with Gasteiger partial charge in [-0.15, -0.1) is 10.2 Å². The molecule has 3 heterocycles. The molecule has 2 aromatic carbocycles. The minimum Gasteiger partial charge on any atom is -0.368 e. The van der Waals surface area contributed by atoms with Crippen LogP contribution in [0.15, 0.2) is 55.1 Å². The number of piperidine rings is 1. The molecule has 2 aliphatic heterocycles. The molecule has 184 valence electrons. The molecule has 2 saturated heterocycles. The lowest BCUT2D eigenvalue weighted by atomic mass is 10.0. The molecule has 6 rings (SSSR count). The number of benzene rings is 2. The number of fused-ring (bicyclic) bond motifs is 1. The summed E-state index contributed by atoms with van der Waals surface area (Å²) in [5, 5.41) is 7.02. The zero-order valence-corrected chi connectivity index (χ0v) is 20.2. The van der Waals surface area contributed by atoms with E-state index < -0.39 is 26.9 Å². The van der Waals surface area contributed by atoms with E-state index in [1.165, 1.54) is 16.4 Å². The van der Waals surface area contributed by atoms with Crippen LogP contribution in [0.25, 0.3) is 0 Å². The Hall–Kier alpha value is -2.85. The summed E-state index contributed by atoms with van der Waals surface area (Å²) in [5.41, 5.74) is 1.02. The van der Waals surface area contributed by atoms with Crippen molar-refractivity contribution in [2.45, 2.75) is 43.6 Å². The largest absolute Gasteiger partial charge is 0.368 e. The fourth-order valence-corrected chi connectivity index (χ4v) is 8.15. The molecule has 0 spiro atoms. The highest BCUT2D eigenvalue weighted by Gasteiger charge is 2.57. The van der Waals surface area contributed by atoms with Gasteiger partial charge in [-0.3, -0.25) is 0 Å². The molecule has 10 heteroatoms. The van der Waals surface area contributed by atoms with Gasteiger partial charge in [0.2, 0.25) is 10.0 Å². The zero-order valence-electron chi connectivity index (χ0n) is 19.3. The Labute approximate surface area is 203 Å². The first-order valence-electron chi connectivity index (χ1n) is 12.0. The fraction of sp³-hybridized carbons (Fsp3) is 0.440. The van der Waals surface area contributed by atoms with Gasteiger partial charge in [0, 0.05) is 55.2 Å². The van der Waals surface area contributed by atoms with Gasteiger partial charge in [0.25, 0.3) is 0 Å². The lowest BCUT2D eigenvalue weighted by Gasteiger charge is -2.37. The van der Waals surface area contributed by atoms with Crippen LogP contribution in [0.1, 0.15) is 42.2 Å². The molecule has 3 fully saturated rings. The Bertz CT molecular complexity index is 1320. The number of halogens is 2. The zero-order chi connectivity index (χ0) is 24.3. The molecule has 1 aliphatic carbocycles. The van der Waals surface area contributed by atoms with Crippen LogP contribution in [0.3, 0.4) is 0 Å². The summed E-state index contributed by atoms with van der Waals surface area (Å²) >= 11 is 0. The third-order valence-electron chi connectivity index (χ3n) is 7.91. The molecular formula is C25H27F2N5O2S. The first kappa shape index (κ1) is 22.6. The highest BCUT2D eigenvalue weighted by Crippen LogP contribution is 2.56. The molecule has 0 N–H and O–H groups in total. The molecule has 0 radical (unpaired) electrons. The van der Waals surface area contributed by atoms with E-state index in [9.17, 15) is 8.42 Å². The molecule has 1 aromatic heterocycles. The quantitative estimate of drug-likeness (QED) is 0.532. The first-order valence-corrected chi connectivity index (χ1v) is 13.5. The van der Waals surface area contributed by atoms with Gasteiger partial charge in [0.15, 0.2) is 0 Å². The average Bonchev–Trinajstić information content (AvgIpc) is 3.21. The van der Waals surface area contributed by atoms with Gasteiger partial charge in [-0.25, -0.2) is 17.2 Å². The third-order valence-corrected chi connectivity index (χ3v) is 10.3. The summed E-state index contributed by atoms with van der Waals surface area (Å²) in [6.07, 6.45) is 4.55. The van der Waals surface area contributed by atoms with Crippen molar-refractivity contribution in [3.05, 3.63) is 77.9 Å². The van der Waals surface area contributed by atoms with Crippen molar-refractivity contribution in [3.8, 4) is 0 Å². The van der Waals surface area contributed by atoms with Crippen molar-refractivity contribution >= 4 is 15.7 Å². The minimum absolute atomic E-state index is 0.0575. The van der Waals surface area contributed by atoms with Gasteiger partial charge in [-0.1, -0.05) is 30.3 Å². The Balaban J connectivity index is 1.20. The lowest BCUT2D eigenvalue weighted by molar-refractivity contribution is 0.279. The Morgan fingerprint density at radius 1 is 0.971 bits per heavy atom. The van der Waals surface area contributed by atoms with Gasteiger partial charge >= 0.3 is 0 Å². The maximum atomic E-state index is 15.2. The molecule has 35 heavy (non-hydrogen) atoms. The van der Waals surface area contributed by atoms with Crippen molar-refractivity contribution < 1.29 is 17.2 Å². The summed E-state index contributed by atoms with van der Waals surface area (Å²) in [6, 6.07) is 11.5. The maximum absolute atomic E-state index is 15.2. The van der Waals surface area contributed by atoms with Crippen molar-refractivity contribution in [1.82, 2.24) is 19.1 Å². The van der Waals surface area contributed by atoms with E-state index >= 15 is 8.78 Å². The van der Waals surface area contributed by atoms with E-state index in [0.717, 1.165) is 5.56 Å². The van der Waals surface area contributed by atoms with Crippen molar-refractivity contribution in [2.24, 2.45) is 11.8 Å². The summed E-state index contributed by atoms with van der Waals surface area (Å²) in [7, 11) is -3.73. The van der Waals surface area contributed by atoms with Crippen LogP contribution < -0.4 is 4.90 Å². The van der Waals surface area contributed by atoms with Crippen LogP contribution in [0.4, 0.5) is 14.5 Å². The second kappa shape index (κ2) is 8.37. The van der Waals surface area contributed by atoms with Crippen LogP contribution in [0.5, 0.6) is 0 Å². The molecule has 0 amide bonds. The van der Waals surface area contributed by atoms with E-state index in [4.69, 9.17) is 0 Å². The lowest BCUT2D eigenvalue weighted by Crippen LogP contribution is -2.44. The predicted molar refractivity (Wildman–Crippen MR) is 127 cm³/mol. The molecule has 1 saturated carbocycles. The Morgan fingerprint density at radius 3 is 2.34 bits per heavy atom. The first-order chi connectivity index (χ1) is 16.8. The van der Waals surface area contributed by atoms with Gasteiger partial charge in [-0.2, -0.15) is 4.31 Å². The van der Waals surface area contributed by atoms with Crippen LogP contribution in [0, 0.1) is 23.5 Å². The standard InChI is InChI=1S/C25H27F2N5O2S/c1-16-7-8-24(17-5-3-2-4-6-17)35(33,34)32(16)11-18-9-22(27)23(10-21(18)26)30-12-19-20(13-30)25(19)31-14-28-29-15-31/h2-6,9-10,14-16,19-20,24-25H,7-8,11-13H2,1H3/t16?,19-,20+,24?,25+. The summed E-state index contributed by atoms with van der Waals surface area (Å²) in [5.74, 6) is -0.378. The summed E-state index contributed by atoms with van der Waals surface area (Å²) in [4.78, 5) is 1.88. The van der Waals surface area contributed by atoms with Crippen LogP contribution in [-0.2, 0) is 16.6 Å². The van der Waals surface area contributed by atoms with Gasteiger partial charge in [0.05, 0.1) is 5.69 Å². The summed E-state index contributed by atoms with van der Waals surface area (Å²) in [6.45, 7) is 2.92. The van der Waals surface area contributed by atoms with E-state index in [-0.39, 0.29) is 23.8 Å². The molecule has 7 nitrogen and oxygen atoms in total. The van der Waals surface area contributed by atoms with Crippen LogP contribution in [0.2, 0.25) is 0 Å². The highest BCUT2D eigenvalue weighted by molar-refractivity contribution is 7.89. The molecule has 2 unspecified atom stereocenters. The number of sulfonamides is 1. The molecule has 0 bridgehead atoms. The van der Waals surface area contributed by atoms with Gasteiger partial charge < -0.3 is 9.47 Å². The van der Waals surface area contributed by atoms with E-state index in [1.54, 1.807) is 24.8 Å².